The Morgan fingerprint density at radius 1 is 1.19 bits per heavy atom. The molecule has 1 aliphatic carbocycles. The average Bonchev–Trinajstić information content (AvgIpc) is 2.95. The van der Waals surface area contributed by atoms with Crippen LogP contribution in [0.15, 0.2) is 0 Å². The first-order valence-electron chi connectivity index (χ1n) is 9.17. The van der Waals surface area contributed by atoms with Crippen LogP contribution in [0.2, 0.25) is 0 Å². The van der Waals surface area contributed by atoms with Crippen LogP contribution in [0.3, 0.4) is 0 Å². The smallest absolute Gasteiger partial charge is 0.0702 e. The van der Waals surface area contributed by atoms with Gasteiger partial charge in [0.05, 0.1) is 6.10 Å². The second-order valence-corrected chi connectivity index (χ2v) is 7.60. The topological polar surface area (TPSA) is 24.5 Å². The lowest BCUT2D eigenvalue weighted by Crippen LogP contribution is -2.59. The van der Waals surface area contributed by atoms with E-state index in [9.17, 15) is 0 Å². The molecule has 1 heterocycles. The van der Waals surface area contributed by atoms with E-state index in [0.29, 0.717) is 23.6 Å². The van der Waals surface area contributed by atoms with Crippen LogP contribution >= 0.6 is 0 Å². The number of nitrogens with one attached hydrogen (secondary N) is 1. The Hall–Kier alpha value is -0.120. The van der Waals surface area contributed by atoms with E-state index in [-0.39, 0.29) is 0 Å². The number of ether oxygens (including phenoxy) is 1. The summed E-state index contributed by atoms with van der Waals surface area (Å²) >= 11 is 0. The highest BCUT2D eigenvalue weighted by atomic mass is 16.5. The van der Waals surface area contributed by atoms with Gasteiger partial charge in [0.25, 0.3) is 0 Å². The van der Waals surface area contributed by atoms with Crippen LogP contribution in [0, 0.1) is 5.41 Å². The van der Waals surface area contributed by atoms with Crippen molar-refractivity contribution in [2.24, 2.45) is 5.41 Å². The molecule has 3 unspecified atom stereocenters. The van der Waals surface area contributed by atoms with Gasteiger partial charge in [-0.25, -0.2) is 0 Å². The Bertz CT molecular complexity index is 300. The molecule has 0 amide bonds. The highest BCUT2D eigenvalue weighted by Gasteiger charge is 2.41. The van der Waals surface area contributed by atoms with Crippen molar-refractivity contribution in [2.45, 2.75) is 84.4 Å². The molecule has 0 spiro atoms. The molecule has 1 saturated carbocycles. The molecule has 1 N–H and O–H groups in total. The fourth-order valence-corrected chi connectivity index (χ4v) is 4.26. The highest BCUT2D eigenvalue weighted by Crippen LogP contribution is 2.38. The lowest BCUT2D eigenvalue weighted by Gasteiger charge is -2.49. The van der Waals surface area contributed by atoms with Crippen LogP contribution in [0.25, 0.3) is 0 Å². The molecule has 2 fully saturated rings. The largest absolute Gasteiger partial charge is 0.377 e. The fourth-order valence-electron chi connectivity index (χ4n) is 4.26. The quantitative estimate of drug-likeness (QED) is 0.779. The SMILES string of the molecule is CCCNC1C(N(CC)CC2CCCO2)CCCC1(C)C. The van der Waals surface area contributed by atoms with Gasteiger partial charge in [-0.05, 0) is 50.6 Å². The Morgan fingerprint density at radius 3 is 2.62 bits per heavy atom. The van der Waals surface area contributed by atoms with E-state index in [0.717, 1.165) is 26.2 Å². The molecule has 1 aliphatic heterocycles. The summed E-state index contributed by atoms with van der Waals surface area (Å²) in [6.07, 6.45) is 8.24. The Labute approximate surface area is 131 Å². The molecule has 124 valence electrons. The number of hydrogen-bond acceptors (Lipinski definition) is 3. The summed E-state index contributed by atoms with van der Waals surface area (Å²) in [6, 6.07) is 1.29. The first kappa shape index (κ1) is 17.2. The van der Waals surface area contributed by atoms with Crippen molar-refractivity contribution >= 4 is 0 Å². The second kappa shape index (κ2) is 7.94. The van der Waals surface area contributed by atoms with Crippen LogP contribution in [0.4, 0.5) is 0 Å². The molecule has 3 nitrogen and oxygen atoms in total. The maximum absolute atomic E-state index is 5.88. The van der Waals surface area contributed by atoms with Gasteiger partial charge in [-0.2, -0.15) is 0 Å². The fraction of sp³-hybridized carbons (Fsp3) is 1.00. The summed E-state index contributed by atoms with van der Waals surface area (Å²) in [5, 5.41) is 3.87. The van der Waals surface area contributed by atoms with Crippen molar-refractivity contribution in [3.63, 3.8) is 0 Å². The summed E-state index contributed by atoms with van der Waals surface area (Å²) in [6.45, 7) is 13.9. The minimum atomic E-state index is 0.405. The summed E-state index contributed by atoms with van der Waals surface area (Å²) < 4.78 is 5.88. The molecular weight excluding hydrogens is 260 g/mol. The number of likely N-dealkylation sites (N-methyl/N-ethyl adjacent to an activating group) is 1. The summed E-state index contributed by atoms with van der Waals surface area (Å²) in [7, 11) is 0. The van der Waals surface area contributed by atoms with E-state index in [1.807, 2.05) is 0 Å². The molecule has 0 aromatic heterocycles. The molecule has 3 atom stereocenters. The molecule has 21 heavy (non-hydrogen) atoms. The Kier molecular flexibility index (Phi) is 6.51. The summed E-state index contributed by atoms with van der Waals surface area (Å²) in [4.78, 5) is 2.70. The van der Waals surface area contributed by atoms with Gasteiger partial charge in [0.15, 0.2) is 0 Å². The first-order valence-corrected chi connectivity index (χ1v) is 9.17. The van der Waals surface area contributed by atoms with Gasteiger partial charge in [0.2, 0.25) is 0 Å². The van der Waals surface area contributed by atoms with E-state index in [4.69, 9.17) is 4.74 Å². The van der Waals surface area contributed by atoms with Gasteiger partial charge in [-0.15, -0.1) is 0 Å². The van der Waals surface area contributed by atoms with E-state index < -0.39 is 0 Å². The minimum absolute atomic E-state index is 0.405. The van der Waals surface area contributed by atoms with Crippen molar-refractivity contribution in [3.8, 4) is 0 Å². The zero-order valence-corrected chi connectivity index (χ0v) is 14.7. The zero-order valence-electron chi connectivity index (χ0n) is 14.7. The van der Waals surface area contributed by atoms with Gasteiger partial charge >= 0.3 is 0 Å². The van der Waals surface area contributed by atoms with Crippen molar-refractivity contribution in [1.82, 2.24) is 10.2 Å². The third kappa shape index (κ3) is 4.43. The molecular formula is C18H36N2O. The Morgan fingerprint density at radius 2 is 2.00 bits per heavy atom. The van der Waals surface area contributed by atoms with E-state index in [1.54, 1.807) is 0 Å². The highest BCUT2D eigenvalue weighted by molar-refractivity contribution is 4.98. The predicted octanol–water partition coefficient (Wildman–Crippen LogP) is 3.43. The van der Waals surface area contributed by atoms with Gasteiger partial charge in [-0.1, -0.05) is 34.1 Å². The molecule has 2 aliphatic rings. The first-order chi connectivity index (χ1) is 10.1. The molecule has 0 aromatic carbocycles. The van der Waals surface area contributed by atoms with Gasteiger partial charge < -0.3 is 10.1 Å². The van der Waals surface area contributed by atoms with E-state index >= 15 is 0 Å². The predicted molar refractivity (Wildman–Crippen MR) is 89.7 cm³/mol. The second-order valence-electron chi connectivity index (χ2n) is 7.60. The lowest BCUT2D eigenvalue weighted by molar-refractivity contribution is 0.0125. The normalized spacial score (nSPS) is 32.7. The van der Waals surface area contributed by atoms with Crippen molar-refractivity contribution in [3.05, 3.63) is 0 Å². The lowest BCUT2D eigenvalue weighted by atomic mass is 9.70. The standard InChI is InChI=1S/C18H36N2O/c1-5-12-19-17-16(10-7-11-18(17,3)4)20(6-2)14-15-9-8-13-21-15/h15-17,19H,5-14H2,1-4H3. The molecule has 0 aromatic rings. The number of hydrogen-bond donors (Lipinski definition) is 1. The van der Waals surface area contributed by atoms with Crippen LogP contribution < -0.4 is 5.32 Å². The van der Waals surface area contributed by atoms with Crippen LogP contribution in [-0.2, 0) is 4.74 Å². The Balaban J connectivity index is 2.03. The van der Waals surface area contributed by atoms with E-state index in [1.165, 1.54) is 38.5 Å². The molecule has 2 rings (SSSR count). The van der Waals surface area contributed by atoms with E-state index in [2.05, 4.69) is 37.9 Å². The van der Waals surface area contributed by atoms with Gasteiger partial charge in [0, 0.05) is 25.2 Å². The number of rotatable bonds is 7. The third-order valence-corrected chi connectivity index (χ3v) is 5.50. The summed E-state index contributed by atoms with van der Waals surface area (Å²) in [5.41, 5.74) is 0.405. The van der Waals surface area contributed by atoms with Gasteiger partial charge in [0.1, 0.15) is 0 Å². The van der Waals surface area contributed by atoms with Crippen molar-refractivity contribution in [2.75, 3.05) is 26.2 Å². The summed E-state index contributed by atoms with van der Waals surface area (Å²) in [5.74, 6) is 0. The monoisotopic (exact) mass is 296 g/mol. The van der Waals surface area contributed by atoms with Crippen LogP contribution in [0.5, 0.6) is 0 Å². The molecule has 0 radical (unpaired) electrons. The molecule has 0 bridgehead atoms. The van der Waals surface area contributed by atoms with Crippen molar-refractivity contribution < 1.29 is 4.74 Å². The van der Waals surface area contributed by atoms with Crippen molar-refractivity contribution in [1.29, 1.82) is 0 Å². The third-order valence-electron chi connectivity index (χ3n) is 5.50. The maximum Gasteiger partial charge on any atom is 0.0702 e. The van der Waals surface area contributed by atoms with Crippen LogP contribution in [-0.4, -0.2) is 49.3 Å². The molecule has 3 heteroatoms. The average molecular weight is 296 g/mol. The maximum atomic E-state index is 5.88. The van der Waals surface area contributed by atoms with Gasteiger partial charge in [-0.3, -0.25) is 4.90 Å². The molecule has 1 saturated heterocycles. The minimum Gasteiger partial charge on any atom is -0.377 e. The number of nitrogens with zero attached hydrogens (tertiary/aromatic N) is 1. The zero-order chi connectivity index (χ0) is 15.3. The van der Waals surface area contributed by atoms with Crippen LogP contribution in [0.1, 0.15) is 66.2 Å².